The van der Waals surface area contributed by atoms with Crippen molar-refractivity contribution in [2.75, 3.05) is 6.61 Å². The van der Waals surface area contributed by atoms with Crippen LogP contribution in [0, 0.1) is 34.5 Å². The predicted molar refractivity (Wildman–Crippen MR) is 148 cm³/mol. The zero-order valence-corrected chi connectivity index (χ0v) is 23.3. The number of benzene rings is 2. The molecule has 41 heavy (non-hydrogen) atoms. The molecule has 0 radical (unpaired) electrons. The van der Waals surface area contributed by atoms with Crippen LogP contribution in [0.2, 0.25) is 0 Å². The summed E-state index contributed by atoms with van der Waals surface area (Å²) >= 11 is 0. The first-order chi connectivity index (χ1) is 19.4. The SMILES string of the molecule is C[C@@H]1C[C@@H]2[C@H]([C@@H]3C=C(COC(=O)c4ccccc4)[C@@H](O)[C@]4(O)[C@@H](O)C(OC(=O)c5ccccc5)=C[C@@]14C3O)C2(C)C. The fraction of sp³-hybridized carbons (Fsp3) is 0.455. The Morgan fingerprint density at radius 3 is 2.10 bits per heavy atom. The van der Waals surface area contributed by atoms with Crippen molar-refractivity contribution < 1.29 is 39.5 Å². The topological polar surface area (TPSA) is 134 Å². The van der Waals surface area contributed by atoms with Crippen LogP contribution >= 0.6 is 0 Å². The van der Waals surface area contributed by atoms with E-state index in [1.165, 1.54) is 6.08 Å². The van der Waals surface area contributed by atoms with Gasteiger partial charge in [0.05, 0.1) is 22.6 Å². The molecule has 2 saturated carbocycles. The van der Waals surface area contributed by atoms with Crippen molar-refractivity contribution in [3.63, 3.8) is 0 Å². The van der Waals surface area contributed by atoms with Gasteiger partial charge in [0.2, 0.25) is 0 Å². The molecule has 0 aliphatic heterocycles. The van der Waals surface area contributed by atoms with E-state index in [1.54, 1.807) is 66.7 Å². The lowest BCUT2D eigenvalue weighted by Crippen LogP contribution is -2.66. The summed E-state index contributed by atoms with van der Waals surface area (Å²) in [6, 6.07) is 16.7. The van der Waals surface area contributed by atoms with Gasteiger partial charge in [0.15, 0.2) is 0 Å². The number of hydrogen-bond acceptors (Lipinski definition) is 8. The van der Waals surface area contributed by atoms with Crippen molar-refractivity contribution in [3.8, 4) is 0 Å². The van der Waals surface area contributed by atoms with Crippen LogP contribution in [-0.4, -0.2) is 62.9 Å². The van der Waals surface area contributed by atoms with E-state index >= 15 is 0 Å². The summed E-state index contributed by atoms with van der Waals surface area (Å²) in [5, 5.41) is 48.0. The lowest BCUT2D eigenvalue weighted by atomic mass is 9.58. The summed E-state index contributed by atoms with van der Waals surface area (Å²) in [7, 11) is 0. The Balaban J connectivity index is 1.41. The van der Waals surface area contributed by atoms with Gasteiger partial charge in [0, 0.05) is 5.92 Å². The molecule has 216 valence electrons. The lowest BCUT2D eigenvalue weighted by molar-refractivity contribution is -0.218. The van der Waals surface area contributed by atoms with E-state index in [2.05, 4.69) is 13.8 Å². The number of aliphatic hydroxyl groups is 4. The van der Waals surface area contributed by atoms with Gasteiger partial charge in [-0.3, -0.25) is 0 Å². The monoisotopic (exact) mass is 560 g/mol. The van der Waals surface area contributed by atoms with E-state index in [1.807, 2.05) is 6.92 Å². The van der Waals surface area contributed by atoms with Gasteiger partial charge in [-0.15, -0.1) is 0 Å². The summed E-state index contributed by atoms with van der Waals surface area (Å²) in [6.07, 6.45) is -0.961. The van der Waals surface area contributed by atoms with Crippen molar-refractivity contribution in [3.05, 3.63) is 95.3 Å². The van der Waals surface area contributed by atoms with Gasteiger partial charge in [-0.05, 0) is 65.5 Å². The van der Waals surface area contributed by atoms with Gasteiger partial charge in [-0.2, -0.15) is 0 Å². The van der Waals surface area contributed by atoms with Crippen LogP contribution in [0.15, 0.2) is 84.1 Å². The van der Waals surface area contributed by atoms with Crippen LogP contribution in [-0.2, 0) is 9.47 Å². The van der Waals surface area contributed by atoms with Crippen LogP contribution in [0.3, 0.4) is 0 Å². The summed E-state index contributed by atoms with van der Waals surface area (Å²) in [5.41, 5.74) is -3.24. The Morgan fingerprint density at radius 2 is 1.49 bits per heavy atom. The second kappa shape index (κ2) is 9.63. The first-order valence-electron chi connectivity index (χ1n) is 14.1. The standard InChI is InChI=1S/C33H36O8/c1-18-14-23-25(31(23,2)3)22-15-21(17-40-29(37)19-10-6-4-7-11-19)26(34)33(39)28(36)24(16-32(18,33)27(22)35)41-30(38)20-12-8-5-9-13-20/h4-13,15-16,18,22-23,25-28,34-36,39H,14,17H2,1-3H3/t18-,22+,23-,25+,26-,27?,28+,32+,33+/m1/s1. The van der Waals surface area contributed by atoms with Crippen LogP contribution in [0.5, 0.6) is 0 Å². The normalized spacial score (nSPS) is 38.3. The molecular weight excluding hydrogens is 524 g/mol. The molecule has 6 rings (SSSR count). The lowest BCUT2D eigenvalue weighted by Gasteiger charge is -2.51. The number of aliphatic hydroxyl groups excluding tert-OH is 3. The fourth-order valence-corrected chi connectivity index (χ4v) is 8.09. The summed E-state index contributed by atoms with van der Waals surface area (Å²) < 4.78 is 11.2. The van der Waals surface area contributed by atoms with Gasteiger partial charge in [-0.1, -0.05) is 63.2 Å². The zero-order chi connectivity index (χ0) is 29.3. The number of hydrogen-bond donors (Lipinski definition) is 4. The first-order valence-corrected chi connectivity index (χ1v) is 14.1. The molecule has 0 aromatic heterocycles. The molecule has 2 aromatic rings. The third-order valence-corrected chi connectivity index (χ3v) is 10.4. The summed E-state index contributed by atoms with van der Waals surface area (Å²) in [6.45, 7) is 5.82. The Morgan fingerprint density at radius 1 is 0.902 bits per heavy atom. The van der Waals surface area contributed by atoms with E-state index in [0.29, 0.717) is 12.0 Å². The van der Waals surface area contributed by atoms with Crippen LogP contribution in [0.1, 0.15) is 47.9 Å². The molecule has 9 atom stereocenters. The molecule has 1 spiro atoms. The summed E-state index contributed by atoms with van der Waals surface area (Å²) in [5.74, 6) is -2.21. The smallest absolute Gasteiger partial charge is 0.343 e. The third-order valence-electron chi connectivity index (χ3n) is 10.4. The fourth-order valence-electron chi connectivity index (χ4n) is 8.09. The highest BCUT2D eigenvalue weighted by atomic mass is 16.6. The molecular formula is C33H36O8. The first kappa shape index (κ1) is 27.8. The van der Waals surface area contributed by atoms with Crippen molar-refractivity contribution in [1.29, 1.82) is 0 Å². The molecule has 0 amide bonds. The molecule has 4 aliphatic rings. The molecule has 8 heteroatoms. The van der Waals surface area contributed by atoms with Gasteiger partial charge in [0.25, 0.3) is 0 Å². The maximum atomic E-state index is 13.0. The van der Waals surface area contributed by atoms with Gasteiger partial charge in [0.1, 0.15) is 30.2 Å². The molecule has 1 unspecified atom stereocenters. The van der Waals surface area contributed by atoms with Gasteiger partial charge >= 0.3 is 11.9 Å². The average Bonchev–Trinajstić information content (AvgIpc) is 3.47. The molecule has 0 saturated heterocycles. The van der Waals surface area contributed by atoms with E-state index in [0.717, 1.165) is 0 Å². The average molecular weight is 561 g/mol. The maximum absolute atomic E-state index is 13.0. The highest BCUT2D eigenvalue weighted by Crippen LogP contribution is 2.72. The highest BCUT2D eigenvalue weighted by molar-refractivity contribution is 5.90. The van der Waals surface area contributed by atoms with Gasteiger partial charge in [-0.25, -0.2) is 9.59 Å². The van der Waals surface area contributed by atoms with Crippen LogP contribution < -0.4 is 0 Å². The Labute approximate surface area is 238 Å². The largest absolute Gasteiger partial charge is 0.457 e. The quantitative estimate of drug-likeness (QED) is 0.324. The van der Waals surface area contributed by atoms with Crippen molar-refractivity contribution in [2.24, 2.45) is 34.5 Å². The van der Waals surface area contributed by atoms with E-state index in [4.69, 9.17) is 9.47 Å². The molecule has 2 aromatic carbocycles. The van der Waals surface area contributed by atoms with Crippen molar-refractivity contribution in [1.82, 2.24) is 0 Å². The molecule has 0 heterocycles. The highest BCUT2D eigenvalue weighted by Gasteiger charge is 2.76. The minimum atomic E-state index is -2.36. The number of rotatable bonds is 5. The Kier molecular flexibility index (Phi) is 6.54. The van der Waals surface area contributed by atoms with Crippen molar-refractivity contribution in [2.45, 2.75) is 51.1 Å². The van der Waals surface area contributed by atoms with E-state index in [9.17, 15) is 30.0 Å². The predicted octanol–water partition coefficient (Wildman–Crippen LogP) is 3.27. The zero-order valence-electron chi connectivity index (χ0n) is 23.3. The second-order valence-corrected chi connectivity index (χ2v) is 12.7. The minimum absolute atomic E-state index is 0.0372. The molecule has 4 N–H and O–H groups in total. The van der Waals surface area contributed by atoms with Crippen LogP contribution in [0.25, 0.3) is 0 Å². The molecule has 8 nitrogen and oxygen atoms in total. The minimum Gasteiger partial charge on any atom is -0.457 e. The van der Waals surface area contributed by atoms with Crippen molar-refractivity contribution >= 4 is 11.9 Å². The Hall–Kier alpha value is -3.30. The number of fused-ring (bicyclic) bond motifs is 3. The summed E-state index contributed by atoms with van der Waals surface area (Å²) in [4.78, 5) is 25.8. The number of carbonyl (C=O) groups excluding carboxylic acids is 2. The number of esters is 2. The van der Waals surface area contributed by atoms with Gasteiger partial charge < -0.3 is 29.9 Å². The second-order valence-electron chi connectivity index (χ2n) is 12.7. The van der Waals surface area contributed by atoms with Crippen LogP contribution in [0.4, 0.5) is 0 Å². The van der Waals surface area contributed by atoms with E-state index < -0.39 is 53.1 Å². The molecule has 2 bridgehead atoms. The maximum Gasteiger partial charge on any atom is 0.343 e. The molecule has 4 aliphatic carbocycles. The third kappa shape index (κ3) is 3.96. The molecule has 2 fully saturated rings. The van der Waals surface area contributed by atoms with E-state index in [-0.39, 0.29) is 40.8 Å². The Bertz CT molecular complexity index is 1420. The number of carbonyl (C=O) groups is 2. The number of ether oxygens (including phenoxy) is 2.